The number of halogens is 1. The predicted octanol–water partition coefficient (Wildman–Crippen LogP) is 2.64. The lowest BCUT2D eigenvalue weighted by molar-refractivity contribution is -0.123. The fraction of sp³-hybridized carbons (Fsp3) is 0.308. The lowest BCUT2D eigenvalue weighted by atomic mass is 9.70. The highest BCUT2D eigenvalue weighted by molar-refractivity contribution is 6.19. The van der Waals surface area contributed by atoms with E-state index in [4.69, 9.17) is 5.73 Å². The van der Waals surface area contributed by atoms with E-state index in [9.17, 15) is 38.9 Å². The Morgan fingerprint density at radius 1 is 1.09 bits per heavy atom. The third-order valence-corrected chi connectivity index (χ3v) is 6.95. The van der Waals surface area contributed by atoms with Gasteiger partial charge in [0.15, 0.2) is 17.9 Å². The molecule has 9 heteroatoms. The van der Waals surface area contributed by atoms with Crippen molar-refractivity contribution in [3.8, 4) is 16.9 Å². The number of phenolic OH excluding ortho intramolecular Hbond substituents is 1. The van der Waals surface area contributed by atoms with Crippen LogP contribution < -0.4 is 5.73 Å². The number of aliphatic hydroxyl groups excluding tert-OH is 2. The zero-order valence-corrected chi connectivity index (χ0v) is 18.7. The Balaban J connectivity index is 1.69. The molecule has 4 rings (SSSR count). The van der Waals surface area contributed by atoms with Gasteiger partial charge >= 0.3 is 0 Å². The van der Waals surface area contributed by atoms with E-state index in [1.807, 2.05) is 0 Å². The normalized spacial score (nSPS) is 22.2. The van der Waals surface area contributed by atoms with Gasteiger partial charge in [0, 0.05) is 18.8 Å². The fourth-order valence-corrected chi connectivity index (χ4v) is 5.33. The largest absolute Gasteiger partial charge is 0.511 e. The monoisotopic (exact) mass is 481 g/mol. The molecule has 35 heavy (non-hydrogen) atoms. The molecule has 0 unspecified atom stereocenters. The molecule has 182 valence electrons. The Morgan fingerprint density at radius 3 is 2.49 bits per heavy atom. The maximum absolute atomic E-state index is 13.9. The number of rotatable bonds is 6. The molecule has 0 radical (unpaired) electrons. The first-order valence-corrected chi connectivity index (χ1v) is 11.2. The molecule has 2 aromatic carbocycles. The topological polar surface area (TPSA) is 155 Å². The third kappa shape index (κ3) is 4.35. The number of aromatic hydroxyl groups is 1. The fourth-order valence-electron chi connectivity index (χ4n) is 5.33. The van der Waals surface area contributed by atoms with Gasteiger partial charge in [-0.3, -0.25) is 19.2 Å². The lowest BCUT2D eigenvalue weighted by Gasteiger charge is -2.34. The van der Waals surface area contributed by atoms with Crippen LogP contribution in [-0.2, 0) is 16.0 Å². The summed E-state index contributed by atoms with van der Waals surface area (Å²) in [5.74, 6) is -5.06. The van der Waals surface area contributed by atoms with Gasteiger partial charge in [-0.05, 0) is 59.6 Å². The molecule has 2 aromatic rings. The summed E-state index contributed by atoms with van der Waals surface area (Å²) in [6, 6.07) is 7.00. The van der Waals surface area contributed by atoms with Gasteiger partial charge in [0.05, 0.1) is 17.7 Å². The second kappa shape index (κ2) is 9.42. The van der Waals surface area contributed by atoms with Gasteiger partial charge in [-0.2, -0.15) is 0 Å². The molecule has 0 aromatic heterocycles. The zero-order chi connectivity index (χ0) is 25.4. The van der Waals surface area contributed by atoms with E-state index in [-0.39, 0.29) is 47.8 Å². The molecule has 1 amide bonds. The molecule has 0 spiro atoms. The summed E-state index contributed by atoms with van der Waals surface area (Å²) < 4.78 is 13.9. The predicted molar refractivity (Wildman–Crippen MR) is 122 cm³/mol. The van der Waals surface area contributed by atoms with Crippen molar-refractivity contribution >= 4 is 23.8 Å². The van der Waals surface area contributed by atoms with E-state index in [1.54, 1.807) is 6.07 Å². The van der Waals surface area contributed by atoms with Crippen LogP contribution in [0.3, 0.4) is 0 Å². The van der Waals surface area contributed by atoms with Crippen LogP contribution in [0.15, 0.2) is 41.7 Å². The Kier molecular flexibility index (Phi) is 6.53. The first-order chi connectivity index (χ1) is 16.7. The Bertz CT molecular complexity index is 1280. The van der Waals surface area contributed by atoms with Crippen molar-refractivity contribution in [2.75, 3.05) is 6.61 Å². The molecule has 0 heterocycles. The van der Waals surface area contributed by atoms with Crippen molar-refractivity contribution in [2.24, 2.45) is 23.5 Å². The van der Waals surface area contributed by atoms with Crippen LogP contribution in [-0.4, -0.2) is 45.7 Å². The van der Waals surface area contributed by atoms with E-state index >= 15 is 0 Å². The number of Topliss-reactive ketones (excluding diaryl/α,β-unsaturated/α-hetero) is 2. The number of hydrogen-bond acceptors (Lipinski definition) is 7. The minimum Gasteiger partial charge on any atom is -0.511 e. The van der Waals surface area contributed by atoms with Crippen molar-refractivity contribution in [3.05, 3.63) is 64.2 Å². The van der Waals surface area contributed by atoms with Crippen molar-refractivity contribution in [2.45, 2.75) is 25.7 Å². The number of aliphatic hydroxyl groups is 2. The van der Waals surface area contributed by atoms with Crippen LogP contribution in [0.25, 0.3) is 11.1 Å². The number of ketones is 2. The van der Waals surface area contributed by atoms with Crippen LogP contribution in [0.4, 0.5) is 4.39 Å². The van der Waals surface area contributed by atoms with E-state index in [2.05, 4.69) is 0 Å². The molecule has 0 saturated carbocycles. The van der Waals surface area contributed by atoms with Crippen LogP contribution >= 0.6 is 0 Å². The Hall–Kier alpha value is -3.85. The number of carbonyl (C=O) groups is 4. The number of primary amides is 1. The number of amides is 1. The second-order valence-electron chi connectivity index (χ2n) is 9.07. The summed E-state index contributed by atoms with van der Waals surface area (Å²) in [6.45, 7) is -0.506. The van der Waals surface area contributed by atoms with E-state index in [0.29, 0.717) is 29.4 Å². The summed E-state index contributed by atoms with van der Waals surface area (Å²) in [4.78, 5) is 48.3. The van der Waals surface area contributed by atoms with E-state index in [0.717, 1.165) is 6.07 Å². The summed E-state index contributed by atoms with van der Waals surface area (Å²) >= 11 is 0. The summed E-state index contributed by atoms with van der Waals surface area (Å²) in [5, 5.41) is 30.6. The second-order valence-corrected chi connectivity index (χ2v) is 9.07. The minimum atomic E-state index is -1.06. The molecule has 0 saturated heterocycles. The summed E-state index contributed by atoms with van der Waals surface area (Å²) in [6.07, 6.45) is 0.974. The zero-order valence-electron chi connectivity index (χ0n) is 18.7. The Labute approximate surface area is 199 Å². The van der Waals surface area contributed by atoms with Crippen molar-refractivity contribution in [3.63, 3.8) is 0 Å². The Morgan fingerprint density at radius 2 is 1.83 bits per heavy atom. The number of benzene rings is 2. The molecule has 0 bridgehead atoms. The van der Waals surface area contributed by atoms with Gasteiger partial charge in [-0.15, -0.1) is 0 Å². The van der Waals surface area contributed by atoms with Gasteiger partial charge in [-0.1, -0.05) is 12.1 Å². The molecule has 2 aliphatic carbocycles. The first kappa shape index (κ1) is 24.3. The van der Waals surface area contributed by atoms with Crippen molar-refractivity contribution < 1.29 is 38.9 Å². The average Bonchev–Trinajstić information content (AvgIpc) is 2.79. The van der Waals surface area contributed by atoms with Gasteiger partial charge in [0.25, 0.3) is 5.91 Å². The standard InChI is InChI=1S/C26H24FNO7/c27-19-3-1-13(8-15(19)10-29)16-2-4-20(31)23-17(16)6-12(7-21(23)32)5-14-9-22(33)24(26(28)35)25(34)18(14)11-30/h1-4,8,10,12,14,18,30-31,34H,5-7,9,11H2,(H2,28,35)/t12-,14+,18+/m1/s1. The van der Waals surface area contributed by atoms with Crippen molar-refractivity contribution in [1.29, 1.82) is 0 Å². The summed E-state index contributed by atoms with van der Waals surface area (Å²) in [7, 11) is 0. The molecule has 0 fully saturated rings. The number of fused-ring (bicyclic) bond motifs is 1. The summed E-state index contributed by atoms with van der Waals surface area (Å²) in [5.41, 5.74) is 6.34. The molecular weight excluding hydrogens is 457 g/mol. The van der Waals surface area contributed by atoms with E-state index < -0.39 is 47.3 Å². The van der Waals surface area contributed by atoms with Crippen LogP contribution in [0.2, 0.25) is 0 Å². The van der Waals surface area contributed by atoms with Crippen molar-refractivity contribution in [1.82, 2.24) is 0 Å². The van der Waals surface area contributed by atoms with Gasteiger partial charge in [0.2, 0.25) is 0 Å². The maximum Gasteiger partial charge on any atom is 0.255 e. The minimum absolute atomic E-state index is 0.0724. The maximum atomic E-state index is 13.9. The lowest BCUT2D eigenvalue weighted by Crippen LogP contribution is -2.37. The number of phenols is 1. The molecule has 8 nitrogen and oxygen atoms in total. The average molecular weight is 481 g/mol. The number of hydrogen-bond donors (Lipinski definition) is 4. The van der Waals surface area contributed by atoms with Gasteiger partial charge in [-0.25, -0.2) is 4.39 Å². The third-order valence-electron chi connectivity index (χ3n) is 6.95. The van der Waals surface area contributed by atoms with E-state index in [1.165, 1.54) is 18.2 Å². The molecule has 3 atom stereocenters. The number of aldehydes is 1. The van der Waals surface area contributed by atoms with Crippen LogP contribution in [0.1, 0.15) is 45.5 Å². The highest BCUT2D eigenvalue weighted by Crippen LogP contribution is 2.43. The van der Waals surface area contributed by atoms with Crippen LogP contribution in [0.5, 0.6) is 5.75 Å². The number of nitrogens with two attached hydrogens (primary N) is 1. The highest BCUT2D eigenvalue weighted by atomic mass is 19.1. The van der Waals surface area contributed by atoms with Gasteiger partial charge < -0.3 is 21.1 Å². The number of carbonyl (C=O) groups excluding carboxylic acids is 4. The molecule has 0 aliphatic heterocycles. The smallest absolute Gasteiger partial charge is 0.255 e. The first-order valence-electron chi connectivity index (χ1n) is 11.2. The molecule has 2 aliphatic rings. The van der Waals surface area contributed by atoms with Gasteiger partial charge in [0.1, 0.15) is 22.9 Å². The quantitative estimate of drug-likeness (QED) is 0.365. The molecular formula is C26H24FNO7. The SMILES string of the molecule is NC(=O)C1=C(O)[C@@H](CO)[C@@H](C[C@H]2CC(=O)c3c(O)ccc(-c4ccc(F)c(C=O)c4)c3C2)CC1=O. The van der Waals surface area contributed by atoms with Crippen LogP contribution in [0, 0.1) is 23.6 Å². The molecule has 5 N–H and O–H groups in total. The highest BCUT2D eigenvalue weighted by Gasteiger charge is 2.40.